The number of nitrogens with zero attached hydrogens (tertiary/aromatic N) is 3. The van der Waals surface area contributed by atoms with Gasteiger partial charge in [0.05, 0.1) is 26.0 Å². The molecular formula is C31H39N7O4S. The van der Waals surface area contributed by atoms with Gasteiger partial charge >= 0.3 is 6.09 Å². The van der Waals surface area contributed by atoms with E-state index in [-0.39, 0.29) is 24.3 Å². The van der Waals surface area contributed by atoms with Gasteiger partial charge in [0.25, 0.3) is 0 Å². The van der Waals surface area contributed by atoms with Crippen LogP contribution < -0.4 is 16.0 Å². The molecule has 1 aromatic heterocycles. The first-order chi connectivity index (χ1) is 20.7. The molecule has 43 heavy (non-hydrogen) atoms. The van der Waals surface area contributed by atoms with Crippen LogP contribution in [0.2, 0.25) is 0 Å². The van der Waals surface area contributed by atoms with E-state index in [0.29, 0.717) is 48.8 Å². The summed E-state index contributed by atoms with van der Waals surface area (Å²) in [4.78, 5) is 40.5. The summed E-state index contributed by atoms with van der Waals surface area (Å²) in [5.41, 5.74) is 3.24. The third-order valence-corrected chi connectivity index (χ3v) is 7.49. The van der Waals surface area contributed by atoms with Gasteiger partial charge in [-0.2, -0.15) is 0 Å². The summed E-state index contributed by atoms with van der Waals surface area (Å²) >= 11 is 1.35. The Morgan fingerprint density at radius 2 is 1.70 bits per heavy atom. The average molecular weight is 606 g/mol. The number of rotatable bonds is 15. The number of amidine groups is 1. The van der Waals surface area contributed by atoms with Crippen LogP contribution in [0.4, 0.5) is 9.93 Å². The largest absolute Gasteiger partial charge is 0.453 e. The zero-order valence-electron chi connectivity index (χ0n) is 24.8. The topological polar surface area (TPSA) is 159 Å². The van der Waals surface area contributed by atoms with Crippen LogP contribution in [0.5, 0.6) is 0 Å². The van der Waals surface area contributed by atoms with E-state index in [2.05, 4.69) is 35.9 Å². The molecule has 12 heteroatoms. The lowest BCUT2D eigenvalue weighted by atomic mass is 10.0. The first-order valence-corrected chi connectivity index (χ1v) is 15.0. The van der Waals surface area contributed by atoms with Gasteiger partial charge in [0.1, 0.15) is 10.8 Å². The van der Waals surface area contributed by atoms with Crippen LogP contribution in [0.1, 0.15) is 66.8 Å². The Bertz CT molecular complexity index is 1410. The summed E-state index contributed by atoms with van der Waals surface area (Å²) in [6.45, 7) is 1.84. The number of anilines is 1. The highest BCUT2D eigenvalue weighted by Gasteiger charge is 2.13. The number of carbonyl (C=O) groups is 3. The summed E-state index contributed by atoms with van der Waals surface area (Å²) in [5.74, 6) is 0.278. The molecule has 3 rings (SSSR count). The number of hydrogen-bond acceptors (Lipinski definition) is 9. The molecule has 228 valence electrons. The Kier molecular flexibility index (Phi) is 13.4. The van der Waals surface area contributed by atoms with Crippen molar-refractivity contribution in [2.24, 2.45) is 4.99 Å². The van der Waals surface area contributed by atoms with Gasteiger partial charge in [-0.25, -0.2) is 4.79 Å². The number of aryl methyl sites for hydroxylation is 1. The lowest BCUT2D eigenvalue weighted by Crippen LogP contribution is -2.32. The lowest BCUT2D eigenvalue weighted by molar-refractivity contribution is -0.119. The molecule has 0 saturated carbocycles. The van der Waals surface area contributed by atoms with Crippen molar-refractivity contribution >= 4 is 45.9 Å². The Balaban J connectivity index is 1.33. The maximum Gasteiger partial charge on any atom is 0.407 e. The van der Waals surface area contributed by atoms with Crippen LogP contribution in [0, 0.1) is 5.41 Å². The number of carbonyl (C=O) groups excluding carboxylic acids is 3. The molecule has 1 heterocycles. The fraction of sp³-hybridized carbons (Fsp3) is 0.387. The van der Waals surface area contributed by atoms with Gasteiger partial charge in [0.2, 0.25) is 16.9 Å². The van der Waals surface area contributed by atoms with Crippen molar-refractivity contribution in [2.75, 3.05) is 19.5 Å². The number of benzene rings is 2. The summed E-state index contributed by atoms with van der Waals surface area (Å²) < 4.78 is 4.64. The molecule has 11 nitrogen and oxygen atoms in total. The van der Waals surface area contributed by atoms with Crippen molar-refractivity contribution in [3.05, 3.63) is 76.3 Å². The fourth-order valence-corrected chi connectivity index (χ4v) is 5.07. The molecule has 0 spiro atoms. The summed E-state index contributed by atoms with van der Waals surface area (Å²) in [6.07, 6.45) is 4.04. The Morgan fingerprint density at radius 1 is 0.953 bits per heavy atom. The highest BCUT2D eigenvalue weighted by Crippen LogP contribution is 2.19. The van der Waals surface area contributed by atoms with E-state index < -0.39 is 6.09 Å². The van der Waals surface area contributed by atoms with Crippen molar-refractivity contribution in [1.82, 2.24) is 20.8 Å². The molecule has 3 amide bonds. The van der Waals surface area contributed by atoms with Crippen molar-refractivity contribution in [1.29, 1.82) is 5.41 Å². The van der Waals surface area contributed by atoms with Gasteiger partial charge in [-0.3, -0.25) is 14.6 Å². The van der Waals surface area contributed by atoms with E-state index in [1.807, 2.05) is 61.5 Å². The van der Waals surface area contributed by atoms with Gasteiger partial charge in [-0.1, -0.05) is 65.9 Å². The smallest absolute Gasteiger partial charge is 0.407 e. The molecule has 0 saturated heterocycles. The highest BCUT2D eigenvalue weighted by molar-refractivity contribution is 7.15. The molecule has 0 fully saturated rings. The number of nitrogens with one attached hydrogen (secondary N) is 4. The number of aliphatic imine (C=N–C) groups is 1. The minimum absolute atomic E-state index is 0.111. The molecule has 0 aliphatic rings. The van der Waals surface area contributed by atoms with Crippen molar-refractivity contribution in [2.45, 2.75) is 64.3 Å². The number of ether oxygens (including phenoxy) is 1. The first kappa shape index (κ1) is 33.1. The van der Waals surface area contributed by atoms with Gasteiger partial charge in [0.15, 0.2) is 0 Å². The maximum atomic E-state index is 12.6. The molecule has 2 aromatic carbocycles. The predicted octanol–water partition coefficient (Wildman–Crippen LogP) is 5.04. The van der Waals surface area contributed by atoms with E-state index >= 15 is 0 Å². The highest BCUT2D eigenvalue weighted by atomic mass is 32.1. The molecule has 0 bridgehead atoms. The third kappa shape index (κ3) is 12.1. The monoisotopic (exact) mass is 605 g/mol. The summed E-state index contributed by atoms with van der Waals surface area (Å²) in [6, 6.07) is 16.7. The molecule has 0 aliphatic carbocycles. The second kappa shape index (κ2) is 17.5. The van der Waals surface area contributed by atoms with Crippen molar-refractivity contribution < 1.29 is 19.1 Å². The van der Waals surface area contributed by atoms with Crippen LogP contribution in [-0.2, 0) is 33.6 Å². The molecule has 0 aliphatic heterocycles. The molecule has 3 aromatic rings. The summed E-state index contributed by atoms with van der Waals surface area (Å²) in [5, 5.41) is 26.2. The quantitative estimate of drug-likeness (QED) is 0.108. The maximum absolute atomic E-state index is 12.6. The van der Waals surface area contributed by atoms with Crippen LogP contribution in [0.25, 0.3) is 0 Å². The second-order valence-corrected chi connectivity index (χ2v) is 11.1. The SMILES string of the molecule is CN=C(CCC(=N)CCCCc1nnc(NC(=O)Cc2cccc(C(C)NC(=O)OC)c2)s1)NC(=O)Cc1ccccc1. The molecule has 1 unspecified atom stereocenters. The number of aromatic nitrogens is 2. The van der Waals surface area contributed by atoms with Crippen molar-refractivity contribution in [3.8, 4) is 0 Å². The van der Waals surface area contributed by atoms with Gasteiger partial charge in [0, 0.05) is 25.6 Å². The zero-order chi connectivity index (χ0) is 31.0. The van der Waals surface area contributed by atoms with E-state index in [1.165, 1.54) is 18.4 Å². The van der Waals surface area contributed by atoms with E-state index in [1.54, 1.807) is 7.05 Å². The van der Waals surface area contributed by atoms with E-state index in [9.17, 15) is 14.4 Å². The van der Waals surface area contributed by atoms with Crippen LogP contribution >= 0.6 is 11.3 Å². The number of methoxy groups -OCH3 is 1. The first-order valence-electron chi connectivity index (χ1n) is 14.2. The van der Waals surface area contributed by atoms with E-state index in [4.69, 9.17) is 5.41 Å². The molecule has 0 radical (unpaired) electrons. The fourth-order valence-electron chi connectivity index (χ4n) is 4.27. The van der Waals surface area contributed by atoms with Crippen LogP contribution in [0.15, 0.2) is 59.6 Å². The van der Waals surface area contributed by atoms with Crippen LogP contribution in [0.3, 0.4) is 0 Å². The number of unbranched alkanes of at least 4 members (excludes halogenated alkanes) is 1. The average Bonchev–Trinajstić information content (AvgIpc) is 3.44. The lowest BCUT2D eigenvalue weighted by Gasteiger charge is -2.14. The Morgan fingerprint density at radius 3 is 2.44 bits per heavy atom. The minimum Gasteiger partial charge on any atom is -0.453 e. The van der Waals surface area contributed by atoms with Gasteiger partial charge in [-0.15, -0.1) is 10.2 Å². The number of amides is 3. The molecule has 1 atom stereocenters. The van der Waals surface area contributed by atoms with E-state index in [0.717, 1.165) is 34.5 Å². The Hall–Kier alpha value is -4.45. The third-order valence-electron chi connectivity index (χ3n) is 6.59. The second-order valence-electron chi connectivity index (χ2n) is 10.0. The van der Waals surface area contributed by atoms with Crippen LogP contribution in [-0.4, -0.2) is 53.8 Å². The normalized spacial score (nSPS) is 11.8. The van der Waals surface area contributed by atoms with Crippen molar-refractivity contribution in [3.63, 3.8) is 0 Å². The van der Waals surface area contributed by atoms with Gasteiger partial charge in [-0.05, 0) is 49.3 Å². The number of hydrogen-bond donors (Lipinski definition) is 4. The Labute approximate surface area is 256 Å². The standard InChI is InChI=1S/C31H39N7O4S/c1-21(34-31(41)42-3)24-13-9-12-23(18-24)20-28(40)36-30-38-37-29(43-30)15-8-7-14-25(32)16-17-26(33-2)35-27(39)19-22-10-5-4-6-11-22/h4-6,9-13,18,21,32H,7-8,14-17,19-20H2,1-3H3,(H,34,41)(H,33,35,39)(H,36,38,40). The molecular weight excluding hydrogens is 566 g/mol. The zero-order valence-corrected chi connectivity index (χ0v) is 25.6. The molecule has 4 N–H and O–H groups in total. The van der Waals surface area contributed by atoms with Gasteiger partial charge < -0.3 is 26.1 Å². The summed E-state index contributed by atoms with van der Waals surface area (Å²) in [7, 11) is 2.96. The predicted molar refractivity (Wildman–Crippen MR) is 169 cm³/mol. The minimum atomic E-state index is -0.515. The number of alkyl carbamates (subject to hydrolysis) is 1.